The number of amides is 2. The third-order valence-electron chi connectivity index (χ3n) is 6.76. The SMILES string of the molecule is CS(=O)CC[C@H](NC(=O)CCCCCNc1ccccn1)C(=O)NC(CC(=O)O)c1ccc(-c2ccccc2)cc1.O=C(O)C(F)(F)F. The molecule has 0 aliphatic rings. The fourth-order valence-corrected chi connectivity index (χ4v) is 4.90. The number of carboxylic acid groups (broad SMARTS) is 2. The van der Waals surface area contributed by atoms with Crippen LogP contribution < -0.4 is 16.0 Å². The van der Waals surface area contributed by atoms with Crippen molar-refractivity contribution in [3.05, 3.63) is 84.6 Å². The summed E-state index contributed by atoms with van der Waals surface area (Å²) in [5, 5.41) is 25.4. The van der Waals surface area contributed by atoms with E-state index in [-0.39, 0.29) is 30.9 Å². The number of hydrogen-bond acceptors (Lipinski definition) is 7. The van der Waals surface area contributed by atoms with Gasteiger partial charge >= 0.3 is 18.1 Å². The molecule has 3 atom stereocenters. The van der Waals surface area contributed by atoms with E-state index in [0.29, 0.717) is 12.0 Å². The molecule has 260 valence electrons. The molecule has 15 heteroatoms. The average Bonchev–Trinajstić information content (AvgIpc) is 3.04. The number of alkyl halides is 3. The van der Waals surface area contributed by atoms with Crippen LogP contribution in [-0.4, -0.2) is 73.9 Å². The highest BCUT2D eigenvalue weighted by molar-refractivity contribution is 7.84. The summed E-state index contributed by atoms with van der Waals surface area (Å²) in [6.07, 6.45) is 0.632. The van der Waals surface area contributed by atoms with Crippen molar-refractivity contribution in [1.82, 2.24) is 15.6 Å². The lowest BCUT2D eigenvalue weighted by Crippen LogP contribution is -2.48. The van der Waals surface area contributed by atoms with E-state index >= 15 is 0 Å². The summed E-state index contributed by atoms with van der Waals surface area (Å²) < 4.78 is 43.5. The predicted molar refractivity (Wildman–Crippen MR) is 175 cm³/mol. The van der Waals surface area contributed by atoms with Crippen LogP contribution in [0.3, 0.4) is 0 Å². The molecular weight excluding hydrogens is 653 g/mol. The van der Waals surface area contributed by atoms with E-state index in [4.69, 9.17) is 9.90 Å². The molecule has 11 nitrogen and oxygen atoms in total. The first-order chi connectivity index (χ1) is 22.8. The maximum Gasteiger partial charge on any atom is 0.490 e. The summed E-state index contributed by atoms with van der Waals surface area (Å²) in [4.78, 5) is 50.7. The summed E-state index contributed by atoms with van der Waals surface area (Å²) in [5.74, 6) is -3.55. The smallest absolute Gasteiger partial charge is 0.481 e. The summed E-state index contributed by atoms with van der Waals surface area (Å²) in [6, 6.07) is 21.1. The fraction of sp³-hybridized carbons (Fsp3) is 0.364. The van der Waals surface area contributed by atoms with Crippen molar-refractivity contribution in [2.75, 3.05) is 23.9 Å². The number of nitrogens with zero attached hydrogens (tertiary/aromatic N) is 1. The van der Waals surface area contributed by atoms with Crippen LogP contribution in [0, 0.1) is 0 Å². The van der Waals surface area contributed by atoms with Gasteiger partial charge in [-0.15, -0.1) is 0 Å². The van der Waals surface area contributed by atoms with Gasteiger partial charge in [-0.2, -0.15) is 13.2 Å². The minimum atomic E-state index is -5.08. The quantitative estimate of drug-likeness (QED) is 0.123. The molecule has 1 aromatic heterocycles. The lowest BCUT2D eigenvalue weighted by molar-refractivity contribution is -0.192. The van der Waals surface area contributed by atoms with Gasteiger partial charge < -0.3 is 26.2 Å². The minimum Gasteiger partial charge on any atom is -0.481 e. The zero-order valence-electron chi connectivity index (χ0n) is 26.2. The van der Waals surface area contributed by atoms with Crippen molar-refractivity contribution in [3.8, 4) is 11.1 Å². The Morgan fingerprint density at radius 3 is 2.04 bits per heavy atom. The normalized spacial score (nSPS) is 12.8. The van der Waals surface area contributed by atoms with Gasteiger partial charge in [-0.1, -0.05) is 67.1 Å². The molecule has 1 heterocycles. The molecule has 0 aliphatic carbocycles. The van der Waals surface area contributed by atoms with Crippen LogP contribution >= 0.6 is 0 Å². The Balaban J connectivity index is 0.00000103. The van der Waals surface area contributed by atoms with Crippen LogP contribution in [0.2, 0.25) is 0 Å². The van der Waals surface area contributed by atoms with E-state index in [2.05, 4.69) is 20.9 Å². The Morgan fingerprint density at radius 1 is 0.854 bits per heavy atom. The maximum absolute atomic E-state index is 13.3. The van der Waals surface area contributed by atoms with Crippen molar-refractivity contribution >= 4 is 40.4 Å². The van der Waals surface area contributed by atoms with E-state index in [1.165, 1.54) is 6.26 Å². The van der Waals surface area contributed by atoms with Crippen LogP contribution in [0.15, 0.2) is 79.0 Å². The molecule has 5 N–H and O–H groups in total. The summed E-state index contributed by atoms with van der Waals surface area (Å²) >= 11 is 0. The average molecular weight is 693 g/mol. The first kappa shape index (κ1) is 39.4. The molecule has 2 aromatic carbocycles. The summed E-state index contributed by atoms with van der Waals surface area (Å²) in [6.45, 7) is 0.739. The molecule has 0 radical (unpaired) electrons. The van der Waals surface area contributed by atoms with E-state index in [9.17, 15) is 36.9 Å². The lowest BCUT2D eigenvalue weighted by atomic mass is 9.98. The van der Waals surface area contributed by atoms with Crippen LogP contribution in [0.25, 0.3) is 11.1 Å². The minimum absolute atomic E-state index is 0.182. The second-order valence-corrected chi connectivity index (χ2v) is 12.1. The highest BCUT2D eigenvalue weighted by Crippen LogP contribution is 2.24. The number of benzene rings is 2. The molecule has 0 fully saturated rings. The van der Waals surface area contributed by atoms with Gasteiger partial charge in [-0.3, -0.25) is 18.6 Å². The van der Waals surface area contributed by atoms with Gasteiger partial charge in [0.2, 0.25) is 11.8 Å². The third-order valence-corrected chi connectivity index (χ3v) is 7.57. The number of carbonyl (C=O) groups is 4. The number of aromatic nitrogens is 1. The zero-order chi connectivity index (χ0) is 35.5. The van der Waals surface area contributed by atoms with E-state index in [0.717, 1.165) is 36.3 Å². The van der Waals surface area contributed by atoms with Gasteiger partial charge in [0, 0.05) is 42.0 Å². The Bertz CT molecular complexity index is 1480. The molecule has 48 heavy (non-hydrogen) atoms. The third kappa shape index (κ3) is 15.7. The van der Waals surface area contributed by atoms with Crippen molar-refractivity contribution < 1.29 is 46.8 Å². The van der Waals surface area contributed by atoms with Crippen molar-refractivity contribution in [3.63, 3.8) is 0 Å². The predicted octanol–water partition coefficient (Wildman–Crippen LogP) is 4.94. The largest absolute Gasteiger partial charge is 0.490 e. The van der Waals surface area contributed by atoms with Gasteiger partial charge in [0.15, 0.2) is 0 Å². The molecule has 0 saturated heterocycles. The number of anilines is 1. The highest BCUT2D eigenvalue weighted by atomic mass is 32.2. The van der Waals surface area contributed by atoms with E-state index < -0.39 is 46.9 Å². The van der Waals surface area contributed by atoms with Crippen molar-refractivity contribution in [2.24, 2.45) is 0 Å². The zero-order valence-corrected chi connectivity index (χ0v) is 27.1. The van der Waals surface area contributed by atoms with Gasteiger partial charge in [0.1, 0.15) is 11.9 Å². The number of rotatable bonds is 17. The topological polar surface area (TPSA) is 175 Å². The lowest BCUT2D eigenvalue weighted by Gasteiger charge is -2.23. The Hall–Kier alpha value is -4.79. The molecule has 0 spiro atoms. The second-order valence-electron chi connectivity index (χ2n) is 10.6. The number of unbranched alkanes of at least 4 members (excludes halogenated alkanes) is 2. The van der Waals surface area contributed by atoms with E-state index in [1.807, 2.05) is 60.7 Å². The number of aliphatic carboxylic acids is 2. The maximum atomic E-state index is 13.3. The van der Waals surface area contributed by atoms with E-state index in [1.54, 1.807) is 18.3 Å². The van der Waals surface area contributed by atoms with Gasteiger partial charge in [-0.25, -0.2) is 9.78 Å². The highest BCUT2D eigenvalue weighted by Gasteiger charge is 2.38. The number of pyridine rings is 1. The van der Waals surface area contributed by atoms with Crippen LogP contribution in [-0.2, 0) is 30.0 Å². The molecule has 3 aromatic rings. The number of halogens is 3. The molecule has 2 unspecified atom stereocenters. The fourth-order valence-electron chi connectivity index (χ4n) is 4.33. The monoisotopic (exact) mass is 692 g/mol. The van der Waals surface area contributed by atoms with Crippen molar-refractivity contribution in [1.29, 1.82) is 0 Å². The van der Waals surface area contributed by atoms with Crippen LogP contribution in [0.4, 0.5) is 19.0 Å². The number of nitrogens with one attached hydrogen (secondary N) is 3. The number of hydrogen-bond donors (Lipinski definition) is 5. The summed E-state index contributed by atoms with van der Waals surface area (Å²) in [5.41, 5.74) is 2.64. The molecule has 3 rings (SSSR count). The Morgan fingerprint density at radius 2 is 1.48 bits per heavy atom. The molecule has 0 saturated carbocycles. The standard InChI is InChI=1S/C31H38N4O5S.C2HF3O2/c1-41(40)21-18-26(34-29(36)13-6-3-8-19-32-28-12-7-9-20-33-28)31(39)35-27(22-30(37)38)25-16-14-24(15-17-25)23-10-4-2-5-11-23;3-2(4,5)1(6)7/h2,4-5,7,9-12,14-17,20,26-27H,3,6,8,13,18-19,21-22H2,1H3,(H,32,33)(H,34,36)(H,35,39)(H,37,38);(H,6,7)/t26-,27?,41?;/m0./s1. The molecule has 2 amide bonds. The van der Waals surface area contributed by atoms with Gasteiger partial charge in [0.25, 0.3) is 0 Å². The number of carboxylic acids is 2. The molecular formula is C33H39F3N4O7S. The second kappa shape index (κ2) is 20.4. The first-order valence-corrected chi connectivity index (χ1v) is 16.7. The van der Waals surface area contributed by atoms with Crippen LogP contribution in [0.1, 0.15) is 50.1 Å². The Labute approximate surface area is 278 Å². The Kier molecular flexibility index (Phi) is 16.8. The van der Waals surface area contributed by atoms with Crippen molar-refractivity contribution in [2.45, 2.75) is 56.8 Å². The van der Waals surface area contributed by atoms with Gasteiger partial charge in [-0.05, 0) is 48.1 Å². The molecule has 0 bridgehead atoms. The van der Waals surface area contributed by atoms with Gasteiger partial charge in [0.05, 0.1) is 12.5 Å². The summed E-state index contributed by atoms with van der Waals surface area (Å²) in [7, 11) is -1.16. The molecule has 0 aliphatic heterocycles. The van der Waals surface area contributed by atoms with Crippen LogP contribution in [0.5, 0.6) is 0 Å². The first-order valence-electron chi connectivity index (χ1n) is 15.0. The number of carbonyl (C=O) groups excluding carboxylic acids is 2.